The van der Waals surface area contributed by atoms with Crippen molar-refractivity contribution in [1.29, 1.82) is 0 Å². The number of rotatable bonds is 14. The first-order chi connectivity index (χ1) is 22.7. The van der Waals surface area contributed by atoms with E-state index in [1.165, 1.54) is 6.92 Å². The molecule has 0 bridgehead atoms. The second-order valence-electron chi connectivity index (χ2n) is 11.6. The van der Waals surface area contributed by atoms with Gasteiger partial charge in [-0.3, -0.25) is 24.1 Å². The highest BCUT2D eigenvalue weighted by molar-refractivity contribution is 6.21. The summed E-state index contributed by atoms with van der Waals surface area (Å²) in [6, 6.07) is 17.3. The van der Waals surface area contributed by atoms with Crippen LogP contribution >= 0.6 is 0 Å². The molecular formula is C35H42N6O6. The molecule has 0 spiro atoms. The van der Waals surface area contributed by atoms with Crippen LogP contribution in [0.15, 0.2) is 66.9 Å². The van der Waals surface area contributed by atoms with Crippen LogP contribution in [0.1, 0.15) is 29.8 Å². The fraction of sp³-hybridized carbons (Fsp3) is 0.371. The first-order valence-electron chi connectivity index (χ1n) is 15.9. The summed E-state index contributed by atoms with van der Waals surface area (Å²) in [5.41, 5.74) is 7.44. The van der Waals surface area contributed by atoms with E-state index in [1.54, 1.807) is 19.1 Å². The van der Waals surface area contributed by atoms with Crippen molar-refractivity contribution in [2.24, 2.45) is 5.73 Å². The third kappa shape index (κ3) is 8.33. The number of morpholine rings is 1. The molecule has 0 unspecified atom stereocenters. The van der Waals surface area contributed by atoms with Gasteiger partial charge in [-0.05, 0) is 42.8 Å². The summed E-state index contributed by atoms with van der Waals surface area (Å²) >= 11 is 0. The van der Waals surface area contributed by atoms with Crippen molar-refractivity contribution in [3.63, 3.8) is 0 Å². The largest absolute Gasteiger partial charge is 0.484 e. The number of ether oxygens (including phenoxy) is 2. The summed E-state index contributed by atoms with van der Waals surface area (Å²) < 4.78 is 13.4. The molecule has 0 radical (unpaired) electrons. The minimum Gasteiger partial charge on any atom is -0.484 e. The zero-order valence-corrected chi connectivity index (χ0v) is 26.8. The molecule has 3 amide bonds. The van der Waals surface area contributed by atoms with E-state index < -0.39 is 23.9 Å². The number of benzene rings is 3. The highest BCUT2D eigenvalue weighted by Gasteiger charge is 2.22. The molecule has 1 aliphatic heterocycles. The zero-order chi connectivity index (χ0) is 33.3. The number of ketones is 1. The normalized spacial score (nSPS) is 14.8. The van der Waals surface area contributed by atoms with Crippen LogP contribution in [0.4, 0.5) is 0 Å². The van der Waals surface area contributed by atoms with Gasteiger partial charge in [0, 0.05) is 67.5 Å². The van der Waals surface area contributed by atoms with Gasteiger partial charge in [-0.2, -0.15) is 0 Å². The minimum absolute atomic E-state index is 0.0995. The van der Waals surface area contributed by atoms with Crippen molar-refractivity contribution < 1.29 is 28.7 Å². The average Bonchev–Trinajstić information content (AvgIpc) is 3.46. The van der Waals surface area contributed by atoms with Crippen molar-refractivity contribution in [1.82, 2.24) is 25.4 Å². The molecule has 12 heteroatoms. The van der Waals surface area contributed by atoms with Crippen molar-refractivity contribution in [3.8, 4) is 5.75 Å². The van der Waals surface area contributed by atoms with Crippen LogP contribution in [0.3, 0.4) is 0 Å². The lowest BCUT2D eigenvalue weighted by atomic mass is 9.97. The molecule has 47 heavy (non-hydrogen) atoms. The number of carbonyl (C=O) groups excluding carboxylic acids is 4. The van der Waals surface area contributed by atoms with Gasteiger partial charge in [-0.1, -0.05) is 42.5 Å². The summed E-state index contributed by atoms with van der Waals surface area (Å²) in [5, 5.41) is 10.4. The summed E-state index contributed by atoms with van der Waals surface area (Å²) in [6.07, 6.45) is 1.91. The maximum absolute atomic E-state index is 14.1. The molecule has 12 nitrogen and oxygen atoms in total. The Morgan fingerprint density at radius 3 is 2.40 bits per heavy atom. The van der Waals surface area contributed by atoms with Crippen LogP contribution in [-0.2, 0) is 25.7 Å². The van der Waals surface area contributed by atoms with E-state index >= 15 is 0 Å². The number of amides is 3. The summed E-state index contributed by atoms with van der Waals surface area (Å²) in [5.74, 6) is -1.08. The lowest BCUT2D eigenvalue weighted by molar-refractivity contribution is -0.132. The molecule has 1 fully saturated rings. The number of hydrogen-bond donors (Lipinski definition) is 4. The third-order valence-corrected chi connectivity index (χ3v) is 8.23. The standard InChI is InChI=1S/C35H42N6O6/c1-23(34(44)37-13-12-36)39-35(45)24(2)38-32(42)22-47-26-10-11-31-29(20-26)30(21-41(31)15-14-40-16-18-46-19-17-40)33(43)28-9-5-7-25-6-3-4-8-27(25)28/h3-11,20-21,23-24H,12-19,22,36H2,1-2H3,(H,37,44)(H,38,42)(H,39,45)/t23-,24-/m0/s1. The number of nitrogens with zero attached hydrogens (tertiary/aromatic N) is 2. The Kier molecular flexibility index (Phi) is 11.2. The van der Waals surface area contributed by atoms with Crippen molar-refractivity contribution >= 4 is 45.2 Å². The van der Waals surface area contributed by atoms with Gasteiger partial charge < -0.3 is 35.7 Å². The van der Waals surface area contributed by atoms with E-state index in [0.717, 1.165) is 41.3 Å². The topological polar surface area (TPSA) is 157 Å². The highest BCUT2D eigenvalue weighted by atomic mass is 16.5. The maximum atomic E-state index is 14.1. The van der Waals surface area contributed by atoms with Crippen molar-refractivity contribution in [2.75, 3.05) is 52.5 Å². The second kappa shape index (κ2) is 15.7. The Balaban J connectivity index is 1.31. The molecule has 5 rings (SSSR count). The summed E-state index contributed by atoms with van der Waals surface area (Å²) in [6.45, 7) is 7.96. The molecule has 0 saturated carbocycles. The predicted octanol–water partition coefficient (Wildman–Crippen LogP) is 1.82. The van der Waals surface area contributed by atoms with Gasteiger partial charge in [-0.15, -0.1) is 0 Å². The lowest BCUT2D eigenvalue weighted by Gasteiger charge is -2.26. The molecule has 4 aromatic rings. The summed E-state index contributed by atoms with van der Waals surface area (Å²) in [7, 11) is 0. The fourth-order valence-corrected chi connectivity index (χ4v) is 5.62. The Labute approximate surface area is 273 Å². The summed E-state index contributed by atoms with van der Waals surface area (Å²) in [4.78, 5) is 53.7. The van der Waals surface area contributed by atoms with Crippen LogP contribution in [0.25, 0.3) is 21.7 Å². The molecular weight excluding hydrogens is 600 g/mol. The molecule has 1 aromatic heterocycles. The van der Waals surface area contributed by atoms with E-state index in [4.69, 9.17) is 15.2 Å². The van der Waals surface area contributed by atoms with Crippen LogP contribution < -0.4 is 26.4 Å². The van der Waals surface area contributed by atoms with Crippen LogP contribution in [0, 0.1) is 0 Å². The number of nitrogens with one attached hydrogen (secondary N) is 3. The van der Waals surface area contributed by atoms with Crippen LogP contribution in [-0.4, -0.2) is 97.6 Å². The Hall–Kier alpha value is -4.78. The van der Waals surface area contributed by atoms with Crippen LogP contribution in [0.5, 0.6) is 5.75 Å². The number of aromatic nitrogens is 1. The van der Waals surface area contributed by atoms with E-state index in [2.05, 4.69) is 25.4 Å². The van der Waals surface area contributed by atoms with Gasteiger partial charge in [0.2, 0.25) is 11.8 Å². The first kappa shape index (κ1) is 33.6. The quantitative estimate of drug-likeness (QED) is 0.152. The Morgan fingerprint density at radius 2 is 1.62 bits per heavy atom. The van der Waals surface area contributed by atoms with E-state index in [0.29, 0.717) is 43.2 Å². The molecule has 3 aromatic carbocycles. The maximum Gasteiger partial charge on any atom is 0.258 e. The number of carbonyl (C=O) groups is 4. The zero-order valence-electron chi connectivity index (χ0n) is 26.8. The molecule has 1 saturated heterocycles. The fourth-order valence-electron chi connectivity index (χ4n) is 5.62. The predicted molar refractivity (Wildman–Crippen MR) is 179 cm³/mol. The van der Waals surface area contributed by atoms with E-state index in [-0.39, 0.29) is 24.8 Å². The van der Waals surface area contributed by atoms with E-state index in [1.807, 2.05) is 54.7 Å². The molecule has 1 aliphatic rings. The van der Waals surface area contributed by atoms with Gasteiger partial charge in [0.15, 0.2) is 12.4 Å². The Morgan fingerprint density at radius 1 is 0.872 bits per heavy atom. The molecule has 2 heterocycles. The number of hydrogen-bond acceptors (Lipinski definition) is 8. The first-order valence-corrected chi connectivity index (χ1v) is 15.9. The number of nitrogens with two attached hydrogens (primary N) is 1. The van der Waals surface area contributed by atoms with Gasteiger partial charge in [0.05, 0.1) is 13.2 Å². The lowest BCUT2D eigenvalue weighted by Crippen LogP contribution is -2.52. The van der Waals surface area contributed by atoms with Gasteiger partial charge in [0.25, 0.3) is 5.91 Å². The van der Waals surface area contributed by atoms with E-state index in [9.17, 15) is 19.2 Å². The van der Waals surface area contributed by atoms with Gasteiger partial charge in [0.1, 0.15) is 17.8 Å². The SMILES string of the molecule is C[C@H](NC(=O)COc1ccc2c(c1)c(C(=O)c1cccc3ccccc13)cn2CCN1CCOCC1)C(=O)N[C@@H](C)C(=O)NCCN. The van der Waals surface area contributed by atoms with Gasteiger partial charge >= 0.3 is 0 Å². The smallest absolute Gasteiger partial charge is 0.258 e. The van der Waals surface area contributed by atoms with Gasteiger partial charge in [-0.25, -0.2) is 0 Å². The monoisotopic (exact) mass is 642 g/mol. The molecule has 5 N–H and O–H groups in total. The highest BCUT2D eigenvalue weighted by Crippen LogP contribution is 2.30. The van der Waals surface area contributed by atoms with Crippen LogP contribution in [0.2, 0.25) is 0 Å². The minimum atomic E-state index is -0.899. The third-order valence-electron chi connectivity index (χ3n) is 8.23. The second-order valence-corrected chi connectivity index (χ2v) is 11.6. The van der Waals surface area contributed by atoms with Crippen molar-refractivity contribution in [3.05, 3.63) is 78.0 Å². The average molecular weight is 643 g/mol. The Bertz CT molecular complexity index is 1740. The molecule has 0 aliphatic carbocycles. The molecule has 248 valence electrons. The van der Waals surface area contributed by atoms with Crippen molar-refractivity contribution in [2.45, 2.75) is 32.5 Å². The molecule has 2 atom stereocenters. The number of fused-ring (bicyclic) bond motifs is 2.